The molecule has 1 aromatic carbocycles. The fourth-order valence-electron chi connectivity index (χ4n) is 3.98. The zero-order valence-electron chi connectivity index (χ0n) is 14.9. The predicted octanol–water partition coefficient (Wildman–Crippen LogP) is 1.65. The first-order valence-corrected chi connectivity index (χ1v) is 10.9. The molecule has 1 saturated heterocycles. The lowest BCUT2D eigenvalue weighted by atomic mass is 10.0. The second-order valence-corrected chi connectivity index (χ2v) is 9.12. The summed E-state index contributed by atoms with van der Waals surface area (Å²) in [5, 5.41) is -0.246. The monoisotopic (exact) mass is 382 g/mol. The Morgan fingerprint density at radius 3 is 2.62 bits per heavy atom. The van der Waals surface area contributed by atoms with Crippen LogP contribution in [0.3, 0.4) is 0 Å². The number of rotatable bonds is 6. The first-order chi connectivity index (χ1) is 12.6. The highest BCUT2D eigenvalue weighted by molar-refractivity contribution is 7.90. The Bertz CT molecular complexity index is 727. The predicted molar refractivity (Wildman–Crippen MR) is 96.9 cm³/mol. The number of ether oxygens (including phenoxy) is 3. The lowest BCUT2D eigenvalue weighted by Crippen LogP contribution is -2.45. The molecule has 144 valence electrons. The number of fused-ring (bicyclic) bond motifs is 1. The molecular weight excluding hydrogens is 356 g/mol. The molecule has 8 heteroatoms. The second kappa shape index (κ2) is 7.72. The molecule has 1 aromatic rings. The quantitative estimate of drug-likeness (QED) is 0.806. The number of morpholine rings is 1. The summed E-state index contributed by atoms with van der Waals surface area (Å²) < 4.78 is 44.5. The van der Waals surface area contributed by atoms with E-state index in [4.69, 9.17) is 14.2 Å². The maximum absolute atomic E-state index is 12.6. The van der Waals surface area contributed by atoms with Gasteiger partial charge in [-0.15, -0.1) is 0 Å². The molecule has 1 unspecified atom stereocenters. The second-order valence-electron chi connectivity index (χ2n) is 7.08. The first kappa shape index (κ1) is 18.0. The van der Waals surface area contributed by atoms with Gasteiger partial charge in [-0.3, -0.25) is 4.90 Å². The Kier molecular flexibility index (Phi) is 5.35. The maximum Gasteiger partial charge on any atom is 0.231 e. The minimum atomic E-state index is -3.28. The summed E-state index contributed by atoms with van der Waals surface area (Å²) in [5.41, 5.74) is 1.03. The number of hydrogen-bond acceptors (Lipinski definition) is 6. The Labute approximate surface area is 154 Å². The van der Waals surface area contributed by atoms with E-state index in [0.29, 0.717) is 19.8 Å². The lowest BCUT2D eigenvalue weighted by Gasteiger charge is -2.35. The minimum absolute atomic E-state index is 0.0513. The van der Waals surface area contributed by atoms with Gasteiger partial charge in [0.15, 0.2) is 11.5 Å². The molecule has 7 nitrogen and oxygen atoms in total. The summed E-state index contributed by atoms with van der Waals surface area (Å²) in [6, 6.07) is 5.81. The van der Waals surface area contributed by atoms with Crippen LogP contribution in [0.4, 0.5) is 0 Å². The molecule has 1 N–H and O–H groups in total. The summed E-state index contributed by atoms with van der Waals surface area (Å²) in [6.07, 6.45) is 3.53. The molecule has 3 aliphatic rings. The van der Waals surface area contributed by atoms with Crippen molar-refractivity contribution in [3.8, 4) is 11.5 Å². The number of hydrogen-bond donors (Lipinski definition) is 1. The van der Waals surface area contributed by atoms with Gasteiger partial charge >= 0.3 is 0 Å². The van der Waals surface area contributed by atoms with Crippen LogP contribution in [-0.2, 0) is 14.8 Å². The maximum atomic E-state index is 12.6. The smallest absolute Gasteiger partial charge is 0.231 e. The largest absolute Gasteiger partial charge is 0.454 e. The summed E-state index contributed by atoms with van der Waals surface area (Å²) >= 11 is 0. The number of sulfonamides is 1. The SMILES string of the molecule is O=S(=O)(NCC(c1ccc2c(c1)OCO2)N1CCOCC1)C1CCCC1. The van der Waals surface area contributed by atoms with Gasteiger partial charge in [0.25, 0.3) is 0 Å². The van der Waals surface area contributed by atoms with Gasteiger partial charge in [0.1, 0.15) is 0 Å². The minimum Gasteiger partial charge on any atom is -0.454 e. The molecule has 2 heterocycles. The molecule has 0 spiro atoms. The third-order valence-corrected chi connectivity index (χ3v) is 7.40. The van der Waals surface area contributed by atoms with Gasteiger partial charge in [-0.2, -0.15) is 0 Å². The van der Waals surface area contributed by atoms with Crippen molar-refractivity contribution in [2.45, 2.75) is 37.0 Å². The Morgan fingerprint density at radius 2 is 1.85 bits per heavy atom. The van der Waals surface area contributed by atoms with Gasteiger partial charge in [-0.25, -0.2) is 13.1 Å². The molecule has 0 aromatic heterocycles. The standard InChI is InChI=1S/C18H26N2O5S/c21-26(22,15-3-1-2-4-15)19-12-16(20-7-9-23-10-8-20)14-5-6-17-18(11-14)25-13-24-17/h5-6,11,15-16,19H,1-4,7-10,12-13H2. The molecule has 2 aliphatic heterocycles. The third-order valence-electron chi connectivity index (χ3n) is 5.49. The zero-order valence-corrected chi connectivity index (χ0v) is 15.7. The fourth-order valence-corrected chi connectivity index (χ4v) is 5.56. The van der Waals surface area contributed by atoms with E-state index in [1.807, 2.05) is 18.2 Å². The van der Waals surface area contributed by atoms with Crippen molar-refractivity contribution < 1.29 is 22.6 Å². The van der Waals surface area contributed by atoms with Crippen LogP contribution in [0.2, 0.25) is 0 Å². The van der Waals surface area contributed by atoms with Gasteiger partial charge < -0.3 is 14.2 Å². The van der Waals surface area contributed by atoms with Gasteiger partial charge in [-0.1, -0.05) is 18.9 Å². The van der Waals surface area contributed by atoms with Crippen molar-refractivity contribution in [3.63, 3.8) is 0 Å². The van der Waals surface area contributed by atoms with Crippen molar-refractivity contribution in [3.05, 3.63) is 23.8 Å². The summed E-state index contributed by atoms with van der Waals surface area (Å²) in [6.45, 7) is 3.48. The van der Waals surface area contributed by atoms with E-state index in [0.717, 1.165) is 55.8 Å². The topological polar surface area (TPSA) is 77.1 Å². The van der Waals surface area contributed by atoms with E-state index < -0.39 is 10.0 Å². The highest BCUT2D eigenvalue weighted by Gasteiger charge is 2.31. The average Bonchev–Trinajstić information content (AvgIpc) is 3.34. The van der Waals surface area contributed by atoms with Crippen LogP contribution < -0.4 is 14.2 Å². The van der Waals surface area contributed by atoms with Crippen LogP contribution in [0.5, 0.6) is 11.5 Å². The molecule has 0 radical (unpaired) electrons. The summed E-state index contributed by atoms with van der Waals surface area (Å²) in [4.78, 5) is 2.28. The van der Waals surface area contributed by atoms with Crippen molar-refractivity contribution >= 4 is 10.0 Å². The first-order valence-electron chi connectivity index (χ1n) is 9.33. The van der Waals surface area contributed by atoms with E-state index in [-0.39, 0.29) is 18.1 Å². The molecular formula is C18H26N2O5S. The number of nitrogens with one attached hydrogen (secondary N) is 1. The third kappa shape index (κ3) is 3.83. The van der Waals surface area contributed by atoms with Crippen LogP contribution in [0.1, 0.15) is 37.3 Å². The Balaban J connectivity index is 1.53. The van der Waals surface area contributed by atoms with Crippen LogP contribution in [0.25, 0.3) is 0 Å². The summed E-state index contributed by atoms with van der Waals surface area (Å²) in [5.74, 6) is 1.46. The van der Waals surface area contributed by atoms with E-state index in [9.17, 15) is 8.42 Å². The van der Waals surface area contributed by atoms with E-state index in [1.165, 1.54) is 0 Å². The molecule has 1 saturated carbocycles. The van der Waals surface area contributed by atoms with Crippen molar-refractivity contribution in [2.24, 2.45) is 0 Å². The van der Waals surface area contributed by atoms with Gasteiger partial charge in [0.2, 0.25) is 16.8 Å². The van der Waals surface area contributed by atoms with Crippen LogP contribution >= 0.6 is 0 Å². The van der Waals surface area contributed by atoms with Crippen LogP contribution in [0.15, 0.2) is 18.2 Å². The van der Waals surface area contributed by atoms with Crippen LogP contribution in [0, 0.1) is 0 Å². The van der Waals surface area contributed by atoms with Crippen molar-refractivity contribution in [2.75, 3.05) is 39.6 Å². The van der Waals surface area contributed by atoms with Crippen molar-refractivity contribution in [1.82, 2.24) is 9.62 Å². The normalized spacial score (nSPS) is 22.6. The number of benzene rings is 1. The Hall–Kier alpha value is -1.35. The molecule has 0 amide bonds. The number of nitrogens with zero attached hydrogens (tertiary/aromatic N) is 1. The summed E-state index contributed by atoms with van der Waals surface area (Å²) in [7, 11) is -3.28. The van der Waals surface area contributed by atoms with Crippen LogP contribution in [-0.4, -0.2) is 58.2 Å². The van der Waals surface area contributed by atoms with E-state index >= 15 is 0 Å². The molecule has 1 aliphatic carbocycles. The molecule has 1 atom stereocenters. The zero-order chi connectivity index (χ0) is 18.0. The molecule has 0 bridgehead atoms. The van der Waals surface area contributed by atoms with E-state index in [2.05, 4.69) is 9.62 Å². The van der Waals surface area contributed by atoms with Crippen molar-refractivity contribution in [1.29, 1.82) is 0 Å². The Morgan fingerprint density at radius 1 is 1.12 bits per heavy atom. The fraction of sp³-hybridized carbons (Fsp3) is 0.667. The average molecular weight is 382 g/mol. The lowest BCUT2D eigenvalue weighted by molar-refractivity contribution is 0.0171. The van der Waals surface area contributed by atoms with Gasteiger partial charge in [-0.05, 0) is 30.5 Å². The molecule has 4 rings (SSSR count). The van der Waals surface area contributed by atoms with Gasteiger partial charge in [0.05, 0.1) is 18.5 Å². The highest BCUT2D eigenvalue weighted by Crippen LogP contribution is 2.35. The van der Waals surface area contributed by atoms with Gasteiger partial charge in [0, 0.05) is 25.7 Å². The van der Waals surface area contributed by atoms with E-state index in [1.54, 1.807) is 0 Å². The molecule has 2 fully saturated rings. The molecule has 26 heavy (non-hydrogen) atoms. The highest BCUT2D eigenvalue weighted by atomic mass is 32.2.